The van der Waals surface area contributed by atoms with Crippen LogP contribution in [0, 0.1) is 0 Å². The standard InChI is InChI=1S/C38H50O11Si/c1-23(2)50(24(3)4,25(5)6)47-20-36-38(27-12-14-29(39)33(17-27)44-9)49-32-15-11-26(16-34(32)48-36)10-13-30(40)37-31(41)18-28(45-21-42-7)19-35(37)46-22-43-8/h10-19,23-25,36,38-39,41H,20-22H2,1-9H3/b13-10+/t36-,38-/m0/s1. The van der Waals surface area contributed by atoms with E-state index in [1.807, 2.05) is 0 Å². The van der Waals surface area contributed by atoms with Gasteiger partial charge in [0, 0.05) is 31.9 Å². The van der Waals surface area contributed by atoms with Crippen LogP contribution in [-0.2, 0) is 13.9 Å². The topological polar surface area (TPSA) is 131 Å². The highest BCUT2D eigenvalue weighted by Gasteiger charge is 2.46. The Kier molecular flexibility index (Phi) is 13.2. The van der Waals surface area contributed by atoms with Gasteiger partial charge in [-0.3, -0.25) is 4.79 Å². The molecular formula is C38H50O11Si. The average Bonchev–Trinajstić information content (AvgIpc) is 3.08. The average molecular weight is 711 g/mol. The Balaban J connectivity index is 1.65. The lowest BCUT2D eigenvalue weighted by atomic mass is 10.0. The van der Waals surface area contributed by atoms with Gasteiger partial charge in [-0.25, -0.2) is 0 Å². The summed E-state index contributed by atoms with van der Waals surface area (Å²) in [5, 5.41) is 21.0. The third kappa shape index (κ3) is 8.55. The van der Waals surface area contributed by atoms with E-state index in [1.165, 1.54) is 39.5 Å². The number of carbonyl (C=O) groups is 1. The monoisotopic (exact) mass is 710 g/mol. The third-order valence-electron chi connectivity index (χ3n) is 8.98. The summed E-state index contributed by atoms with van der Waals surface area (Å²) in [5.74, 6) is 0.916. The molecule has 1 aliphatic heterocycles. The van der Waals surface area contributed by atoms with Crippen LogP contribution in [0.5, 0.6) is 40.2 Å². The molecule has 2 atom stereocenters. The summed E-state index contributed by atoms with van der Waals surface area (Å²) in [6, 6.07) is 13.3. The second-order valence-corrected chi connectivity index (χ2v) is 18.5. The van der Waals surface area contributed by atoms with Crippen molar-refractivity contribution in [2.45, 2.75) is 70.4 Å². The van der Waals surface area contributed by atoms with Gasteiger partial charge in [0.15, 0.2) is 54.6 Å². The fraction of sp³-hybridized carbons (Fsp3) is 0.447. The van der Waals surface area contributed by atoms with Gasteiger partial charge in [0.2, 0.25) is 8.32 Å². The van der Waals surface area contributed by atoms with Crippen LogP contribution in [0.4, 0.5) is 0 Å². The molecule has 272 valence electrons. The van der Waals surface area contributed by atoms with E-state index in [9.17, 15) is 15.0 Å². The molecule has 2 N–H and O–H groups in total. The van der Waals surface area contributed by atoms with E-state index in [-0.39, 0.29) is 42.1 Å². The Labute approximate surface area is 295 Å². The highest BCUT2D eigenvalue weighted by Crippen LogP contribution is 2.45. The van der Waals surface area contributed by atoms with E-state index in [0.717, 1.165) is 5.56 Å². The van der Waals surface area contributed by atoms with Gasteiger partial charge in [0.1, 0.15) is 22.8 Å². The number of hydrogen-bond acceptors (Lipinski definition) is 11. The lowest BCUT2D eigenvalue weighted by Crippen LogP contribution is -2.50. The van der Waals surface area contributed by atoms with Crippen molar-refractivity contribution in [2.24, 2.45) is 0 Å². The second kappa shape index (κ2) is 17.1. The van der Waals surface area contributed by atoms with Gasteiger partial charge in [0.05, 0.1) is 13.7 Å². The van der Waals surface area contributed by atoms with Crippen LogP contribution in [0.25, 0.3) is 6.08 Å². The summed E-state index contributed by atoms with van der Waals surface area (Å²) >= 11 is 0. The minimum absolute atomic E-state index is 0.0269. The van der Waals surface area contributed by atoms with Crippen molar-refractivity contribution >= 4 is 20.2 Å². The first-order chi connectivity index (χ1) is 23.9. The summed E-state index contributed by atoms with van der Waals surface area (Å²) < 4.78 is 46.5. The van der Waals surface area contributed by atoms with Crippen molar-refractivity contribution in [3.8, 4) is 40.2 Å². The highest BCUT2D eigenvalue weighted by molar-refractivity contribution is 6.77. The minimum atomic E-state index is -2.26. The summed E-state index contributed by atoms with van der Waals surface area (Å²) in [5.41, 5.74) is 2.50. The van der Waals surface area contributed by atoms with E-state index >= 15 is 0 Å². The van der Waals surface area contributed by atoms with Gasteiger partial charge in [-0.1, -0.05) is 59.8 Å². The number of phenolic OH excluding ortho intramolecular Hbond substituents is 2. The van der Waals surface area contributed by atoms with Crippen LogP contribution in [0.15, 0.2) is 54.6 Å². The van der Waals surface area contributed by atoms with Crippen LogP contribution in [0.1, 0.15) is 69.1 Å². The van der Waals surface area contributed by atoms with E-state index in [4.69, 9.17) is 37.6 Å². The number of ketones is 1. The Bertz CT molecular complexity index is 1610. The van der Waals surface area contributed by atoms with Crippen molar-refractivity contribution in [3.05, 3.63) is 71.3 Å². The molecule has 3 aromatic rings. The number of fused-ring (bicyclic) bond motifs is 1. The SMILES string of the molecule is COCOc1cc(O)c(C(=O)/C=C/c2ccc3c(c2)O[C@@H](CO[Si](C(C)C)(C(C)C)C(C)C)[C@H](c2ccc(O)c(OC)c2)O3)c(OCOC)c1. The van der Waals surface area contributed by atoms with Gasteiger partial charge in [-0.15, -0.1) is 0 Å². The van der Waals surface area contributed by atoms with Crippen molar-refractivity contribution in [3.63, 3.8) is 0 Å². The van der Waals surface area contributed by atoms with Gasteiger partial charge in [-0.05, 0) is 52.5 Å². The molecule has 0 unspecified atom stereocenters. The Morgan fingerprint density at radius 2 is 1.48 bits per heavy atom. The van der Waals surface area contributed by atoms with Gasteiger partial charge >= 0.3 is 0 Å². The van der Waals surface area contributed by atoms with Crippen molar-refractivity contribution in [1.29, 1.82) is 0 Å². The summed E-state index contributed by atoms with van der Waals surface area (Å²) in [7, 11) is 2.17. The van der Waals surface area contributed by atoms with Crippen LogP contribution in [-0.4, -0.2) is 71.9 Å². The first kappa shape index (κ1) is 38.6. The Morgan fingerprint density at radius 1 is 0.800 bits per heavy atom. The van der Waals surface area contributed by atoms with Gasteiger partial charge in [-0.2, -0.15) is 0 Å². The van der Waals surface area contributed by atoms with Crippen LogP contribution in [0.2, 0.25) is 16.6 Å². The first-order valence-electron chi connectivity index (χ1n) is 16.7. The molecule has 0 bridgehead atoms. The quantitative estimate of drug-likeness (QED) is 0.0611. The molecule has 0 aromatic heterocycles. The number of phenols is 2. The molecule has 12 heteroatoms. The molecule has 50 heavy (non-hydrogen) atoms. The number of ether oxygens (including phenoxy) is 7. The molecule has 0 saturated carbocycles. The molecule has 4 rings (SSSR count). The lowest BCUT2D eigenvalue weighted by molar-refractivity contribution is -0.0102. The van der Waals surface area contributed by atoms with Crippen LogP contribution in [0.3, 0.4) is 0 Å². The fourth-order valence-electron chi connectivity index (χ4n) is 6.78. The summed E-state index contributed by atoms with van der Waals surface area (Å²) in [4.78, 5) is 13.4. The first-order valence-corrected chi connectivity index (χ1v) is 18.8. The van der Waals surface area contributed by atoms with E-state index in [2.05, 4.69) is 41.5 Å². The maximum Gasteiger partial charge on any atom is 0.200 e. The number of hydrogen-bond donors (Lipinski definition) is 2. The summed E-state index contributed by atoms with van der Waals surface area (Å²) in [6.07, 6.45) is 1.88. The third-order valence-corrected chi connectivity index (χ3v) is 15.1. The molecule has 11 nitrogen and oxygen atoms in total. The van der Waals surface area contributed by atoms with Crippen molar-refractivity contribution < 1.29 is 52.6 Å². The molecule has 0 amide bonds. The normalized spacial score (nSPS) is 16.0. The van der Waals surface area contributed by atoms with Gasteiger partial charge in [0.25, 0.3) is 0 Å². The fourth-order valence-corrected chi connectivity index (χ4v) is 12.2. The zero-order valence-corrected chi connectivity index (χ0v) is 31.4. The summed E-state index contributed by atoms with van der Waals surface area (Å²) in [6.45, 7) is 13.5. The molecule has 0 aliphatic carbocycles. The number of methoxy groups -OCH3 is 3. The maximum atomic E-state index is 13.4. The maximum absolute atomic E-state index is 13.4. The number of allylic oxidation sites excluding steroid dienone is 1. The predicted molar refractivity (Wildman–Crippen MR) is 192 cm³/mol. The molecule has 0 saturated heterocycles. The van der Waals surface area contributed by atoms with Crippen molar-refractivity contribution in [1.82, 2.24) is 0 Å². The number of rotatable bonds is 17. The lowest BCUT2D eigenvalue weighted by Gasteiger charge is -2.44. The molecule has 0 fully saturated rings. The highest BCUT2D eigenvalue weighted by atomic mass is 28.4. The van der Waals surface area contributed by atoms with Crippen molar-refractivity contribution in [2.75, 3.05) is 41.5 Å². The zero-order chi connectivity index (χ0) is 36.6. The largest absolute Gasteiger partial charge is 0.507 e. The van der Waals surface area contributed by atoms with Gasteiger partial charge < -0.3 is 47.8 Å². The molecule has 0 spiro atoms. The van der Waals surface area contributed by atoms with Crippen LogP contribution < -0.4 is 23.7 Å². The van der Waals surface area contributed by atoms with E-state index in [0.29, 0.717) is 46.0 Å². The number of carbonyl (C=O) groups excluding carboxylic acids is 1. The van der Waals surface area contributed by atoms with Crippen LogP contribution >= 0.6 is 0 Å². The smallest absolute Gasteiger partial charge is 0.200 e. The predicted octanol–water partition coefficient (Wildman–Crippen LogP) is 8.04. The Hall–Kier alpha value is -4.23. The number of benzene rings is 3. The molecule has 1 aliphatic rings. The molecule has 0 radical (unpaired) electrons. The van der Waals surface area contributed by atoms with E-state index < -0.39 is 26.3 Å². The minimum Gasteiger partial charge on any atom is -0.507 e. The Morgan fingerprint density at radius 3 is 2.12 bits per heavy atom. The van der Waals surface area contributed by atoms with E-state index in [1.54, 1.807) is 42.5 Å². The zero-order valence-electron chi connectivity index (χ0n) is 30.4. The number of aromatic hydroxyl groups is 2. The molecular weight excluding hydrogens is 660 g/mol. The molecule has 1 heterocycles. The molecule has 3 aromatic carbocycles. The second-order valence-electron chi connectivity index (χ2n) is 13.1.